The van der Waals surface area contributed by atoms with E-state index in [0.29, 0.717) is 22.7 Å². The zero-order valence-corrected chi connectivity index (χ0v) is 17.8. The second kappa shape index (κ2) is 8.05. The number of pyridine rings is 1. The van der Waals surface area contributed by atoms with Crippen molar-refractivity contribution in [2.24, 2.45) is 0 Å². The number of halogens is 1. The average Bonchev–Trinajstić information content (AvgIpc) is 3.51. The highest BCUT2D eigenvalue weighted by Crippen LogP contribution is 2.31. The third-order valence-corrected chi connectivity index (χ3v) is 6.23. The van der Waals surface area contributed by atoms with Crippen molar-refractivity contribution in [1.82, 2.24) is 30.5 Å². The first-order valence-electron chi connectivity index (χ1n) is 10.1. The van der Waals surface area contributed by atoms with Crippen molar-refractivity contribution in [3.63, 3.8) is 0 Å². The van der Waals surface area contributed by atoms with Crippen LogP contribution in [0.3, 0.4) is 0 Å². The van der Waals surface area contributed by atoms with Gasteiger partial charge < -0.3 is 10.3 Å². The van der Waals surface area contributed by atoms with Crippen LogP contribution in [0.2, 0.25) is 0 Å². The van der Waals surface area contributed by atoms with Crippen molar-refractivity contribution in [2.75, 3.05) is 13.1 Å². The Morgan fingerprint density at radius 2 is 2.16 bits per heavy atom. The molecule has 4 aromatic heterocycles. The minimum atomic E-state index is -0.248. The molecule has 0 saturated heterocycles. The fraction of sp³-hybridized carbons (Fsp3) is 0.174. The van der Waals surface area contributed by atoms with Gasteiger partial charge in [-0.2, -0.15) is 9.49 Å². The lowest BCUT2D eigenvalue weighted by Crippen LogP contribution is -2.25. The predicted octanol–water partition coefficient (Wildman–Crippen LogP) is 3.27. The molecule has 3 N–H and O–H groups in total. The first-order valence-corrected chi connectivity index (χ1v) is 10.9. The molecule has 156 valence electrons. The van der Waals surface area contributed by atoms with Gasteiger partial charge >= 0.3 is 0 Å². The van der Waals surface area contributed by atoms with Gasteiger partial charge in [0.15, 0.2) is 11.0 Å². The van der Waals surface area contributed by atoms with Crippen LogP contribution in [0.15, 0.2) is 48.2 Å². The molecule has 0 unspecified atom stereocenters. The minimum absolute atomic E-state index is 0.248. The topological polar surface area (TPSA) is 82.3 Å². The van der Waals surface area contributed by atoms with E-state index in [4.69, 9.17) is 4.98 Å². The summed E-state index contributed by atoms with van der Waals surface area (Å²) in [5, 5.41) is 12.5. The summed E-state index contributed by atoms with van der Waals surface area (Å²) in [4.78, 5) is 13.3. The molecule has 8 heteroatoms. The van der Waals surface area contributed by atoms with Crippen LogP contribution in [0.1, 0.15) is 13.3 Å². The molecule has 0 saturated carbocycles. The molecule has 5 heterocycles. The molecule has 0 spiro atoms. The molecule has 0 bridgehead atoms. The molecule has 31 heavy (non-hydrogen) atoms. The van der Waals surface area contributed by atoms with Crippen LogP contribution in [0, 0.1) is 5.13 Å². The summed E-state index contributed by atoms with van der Waals surface area (Å²) in [5.41, 5.74) is 5.09. The van der Waals surface area contributed by atoms with Crippen LogP contribution >= 0.6 is 11.3 Å². The first-order chi connectivity index (χ1) is 15.1. The lowest BCUT2D eigenvalue weighted by molar-refractivity contribution is 0.657. The van der Waals surface area contributed by atoms with Gasteiger partial charge in [-0.15, -0.1) is 11.3 Å². The predicted molar refractivity (Wildman–Crippen MR) is 123 cm³/mol. The van der Waals surface area contributed by atoms with E-state index < -0.39 is 0 Å². The number of rotatable bonds is 4. The van der Waals surface area contributed by atoms with E-state index in [9.17, 15) is 4.39 Å². The first kappa shape index (κ1) is 19.6. The fourth-order valence-corrected chi connectivity index (χ4v) is 4.49. The van der Waals surface area contributed by atoms with Gasteiger partial charge in [0.2, 0.25) is 0 Å². The number of thiophene rings is 1. The van der Waals surface area contributed by atoms with Crippen molar-refractivity contribution < 1.29 is 4.39 Å². The monoisotopic (exact) mass is 432 g/mol. The second-order valence-corrected chi connectivity index (χ2v) is 8.32. The standard InChI is InChI=1S/C23H21FN6S/c1-3-16-15(12-13(2)14-6-9-25-10-7-14)20(30-29-16)23-27-17-8-11-26-22(21(17)28-23)18-4-5-19(24)31-18/h3-6,8,11-12,25,29H,2,7,9-10H2,1H3,(H,27,28)/b15-12+,16-3+. The summed E-state index contributed by atoms with van der Waals surface area (Å²) in [6.45, 7) is 8.05. The number of nitrogens with zero attached hydrogens (tertiary/aromatic N) is 3. The molecule has 1 aliphatic rings. The van der Waals surface area contributed by atoms with Gasteiger partial charge in [-0.3, -0.25) is 10.1 Å². The van der Waals surface area contributed by atoms with Crippen LogP contribution in [-0.2, 0) is 0 Å². The van der Waals surface area contributed by atoms with Gasteiger partial charge in [0.1, 0.15) is 16.9 Å². The van der Waals surface area contributed by atoms with Crippen molar-refractivity contribution in [1.29, 1.82) is 0 Å². The van der Waals surface area contributed by atoms with Gasteiger partial charge in [0.25, 0.3) is 0 Å². The maximum absolute atomic E-state index is 13.6. The molecule has 6 nitrogen and oxygen atoms in total. The Bertz CT molecular complexity index is 1440. The van der Waals surface area contributed by atoms with Crippen molar-refractivity contribution in [2.45, 2.75) is 13.3 Å². The largest absolute Gasteiger partial charge is 0.336 e. The molecule has 0 aliphatic carbocycles. The van der Waals surface area contributed by atoms with Gasteiger partial charge in [0, 0.05) is 18.0 Å². The summed E-state index contributed by atoms with van der Waals surface area (Å²) in [6, 6.07) is 5.03. The molecule has 0 atom stereocenters. The zero-order valence-electron chi connectivity index (χ0n) is 17.0. The molecular formula is C23H21FN6S. The van der Waals surface area contributed by atoms with Crippen molar-refractivity contribution in [3.05, 3.63) is 63.9 Å². The Labute approximate surface area is 182 Å². The van der Waals surface area contributed by atoms with E-state index in [2.05, 4.69) is 44.2 Å². The molecule has 1 aliphatic heterocycles. The summed E-state index contributed by atoms with van der Waals surface area (Å²) in [7, 11) is 0. The average molecular weight is 433 g/mol. The molecule has 0 aromatic carbocycles. The van der Waals surface area contributed by atoms with Crippen molar-refractivity contribution in [3.8, 4) is 22.1 Å². The highest BCUT2D eigenvalue weighted by Gasteiger charge is 2.16. The summed E-state index contributed by atoms with van der Waals surface area (Å²) >= 11 is 1.06. The molecule has 4 aromatic rings. The van der Waals surface area contributed by atoms with Crippen LogP contribution in [-0.4, -0.2) is 38.2 Å². The molecular weight excluding hydrogens is 411 g/mol. The van der Waals surface area contributed by atoms with E-state index in [1.54, 1.807) is 12.3 Å². The minimum Gasteiger partial charge on any atom is -0.336 e. The van der Waals surface area contributed by atoms with E-state index in [1.165, 1.54) is 11.6 Å². The molecule has 5 rings (SSSR count). The summed E-state index contributed by atoms with van der Waals surface area (Å²) < 4.78 is 13.6. The third kappa shape index (κ3) is 3.64. The number of aromatic amines is 2. The van der Waals surface area contributed by atoms with Gasteiger partial charge in [-0.25, -0.2) is 4.98 Å². The maximum atomic E-state index is 13.6. The Morgan fingerprint density at radius 3 is 2.90 bits per heavy atom. The van der Waals surface area contributed by atoms with Gasteiger partial charge in [-0.05, 0) is 55.3 Å². The highest BCUT2D eigenvalue weighted by atomic mass is 32.1. The van der Waals surface area contributed by atoms with Crippen LogP contribution in [0.5, 0.6) is 0 Å². The third-order valence-electron chi connectivity index (χ3n) is 5.35. The molecule has 0 fully saturated rings. The Kier molecular flexibility index (Phi) is 5.09. The SMILES string of the molecule is C=C(/C=c1/c(-c2nc3c(-c4ccc(F)s4)nccc3[nH]2)n[nH]/c1=C/C)C1=CCNCC1. The van der Waals surface area contributed by atoms with Gasteiger partial charge in [-0.1, -0.05) is 18.7 Å². The molecule has 0 amide bonds. The van der Waals surface area contributed by atoms with E-state index in [0.717, 1.165) is 57.4 Å². The smallest absolute Gasteiger partial charge is 0.177 e. The number of hydrogen-bond acceptors (Lipinski definition) is 5. The van der Waals surface area contributed by atoms with E-state index in [-0.39, 0.29) is 5.13 Å². The number of allylic oxidation sites excluding steroid dienone is 1. The number of fused-ring (bicyclic) bond motifs is 1. The number of nitrogens with one attached hydrogen (secondary N) is 3. The summed E-state index contributed by atoms with van der Waals surface area (Å²) in [6.07, 6.45) is 8.87. The van der Waals surface area contributed by atoms with Crippen molar-refractivity contribution >= 4 is 34.5 Å². The number of H-pyrrole nitrogens is 2. The van der Waals surface area contributed by atoms with E-state index in [1.807, 2.05) is 19.1 Å². The Morgan fingerprint density at radius 1 is 1.26 bits per heavy atom. The number of hydrogen-bond donors (Lipinski definition) is 3. The Hall–Kier alpha value is -3.36. The lowest BCUT2D eigenvalue weighted by Gasteiger charge is -2.13. The molecule has 0 radical (unpaired) electrons. The second-order valence-electron chi connectivity index (χ2n) is 7.29. The number of imidazole rings is 1. The van der Waals surface area contributed by atoms with Crippen LogP contribution in [0.4, 0.5) is 4.39 Å². The fourth-order valence-electron chi connectivity index (χ4n) is 3.76. The van der Waals surface area contributed by atoms with E-state index >= 15 is 0 Å². The van der Waals surface area contributed by atoms with Crippen LogP contribution < -0.4 is 15.9 Å². The number of aromatic nitrogens is 5. The quantitative estimate of drug-likeness (QED) is 0.462. The normalized spacial score (nSPS) is 15.6. The van der Waals surface area contributed by atoms with Crippen LogP contribution in [0.25, 0.3) is 45.3 Å². The Balaban J connectivity index is 1.65. The lowest BCUT2D eigenvalue weighted by atomic mass is 10.0. The maximum Gasteiger partial charge on any atom is 0.177 e. The highest BCUT2D eigenvalue weighted by molar-refractivity contribution is 7.13. The zero-order chi connectivity index (χ0) is 21.4. The summed E-state index contributed by atoms with van der Waals surface area (Å²) in [5.74, 6) is 0.629. The van der Waals surface area contributed by atoms with Gasteiger partial charge in [0.05, 0.1) is 15.7 Å².